The maximum Gasteiger partial charge on any atom is 0.168 e. The molecule has 0 aliphatic heterocycles. The number of benzene rings is 2. The monoisotopic (exact) mass is 340 g/mol. The highest BCUT2D eigenvalue weighted by atomic mass is 79.9. The van der Waals surface area contributed by atoms with Gasteiger partial charge in [0.1, 0.15) is 5.82 Å². The van der Waals surface area contributed by atoms with Crippen molar-refractivity contribution in [3.8, 4) is 0 Å². The van der Waals surface area contributed by atoms with Crippen LogP contribution < -0.4 is 0 Å². The molecule has 1 nitrogen and oxygen atoms in total. The first-order chi connectivity index (χ1) is 9.00. The number of ketones is 1. The van der Waals surface area contributed by atoms with E-state index in [1.165, 1.54) is 6.07 Å². The zero-order chi connectivity index (χ0) is 14.0. The molecule has 0 saturated heterocycles. The molecule has 2 aromatic rings. The van der Waals surface area contributed by atoms with Gasteiger partial charge in [0.15, 0.2) is 5.78 Å². The van der Waals surface area contributed by atoms with Crippen molar-refractivity contribution >= 4 is 33.3 Å². The van der Waals surface area contributed by atoms with Crippen LogP contribution in [0.1, 0.15) is 21.5 Å². The molecular formula is C15H11BrClFO. The highest BCUT2D eigenvalue weighted by Crippen LogP contribution is 2.24. The van der Waals surface area contributed by atoms with Gasteiger partial charge in [0, 0.05) is 16.5 Å². The Bertz CT molecular complexity index is 640. The molecule has 19 heavy (non-hydrogen) atoms. The van der Waals surface area contributed by atoms with Crippen molar-refractivity contribution in [3.63, 3.8) is 0 Å². The van der Waals surface area contributed by atoms with Crippen molar-refractivity contribution in [2.45, 2.75) is 13.3 Å². The van der Waals surface area contributed by atoms with Crippen molar-refractivity contribution in [1.29, 1.82) is 0 Å². The fourth-order valence-electron chi connectivity index (χ4n) is 1.82. The molecule has 0 amide bonds. The lowest BCUT2D eigenvalue weighted by molar-refractivity contribution is 0.0991. The molecule has 0 unspecified atom stereocenters. The second kappa shape index (κ2) is 5.85. The van der Waals surface area contributed by atoms with Crippen LogP contribution in [0.15, 0.2) is 40.9 Å². The van der Waals surface area contributed by atoms with Crippen LogP contribution in [0.3, 0.4) is 0 Å². The van der Waals surface area contributed by atoms with E-state index in [0.29, 0.717) is 11.1 Å². The molecule has 2 rings (SSSR count). The summed E-state index contributed by atoms with van der Waals surface area (Å²) in [5.41, 5.74) is 1.84. The lowest BCUT2D eigenvalue weighted by Gasteiger charge is -2.07. The second-order valence-corrected chi connectivity index (χ2v) is 5.45. The van der Waals surface area contributed by atoms with Gasteiger partial charge in [-0.1, -0.05) is 41.9 Å². The molecule has 0 heterocycles. The van der Waals surface area contributed by atoms with Crippen molar-refractivity contribution in [3.05, 3.63) is 68.4 Å². The molecule has 0 bridgehead atoms. The molecule has 2 aromatic carbocycles. The van der Waals surface area contributed by atoms with Gasteiger partial charge in [-0.3, -0.25) is 4.79 Å². The van der Waals surface area contributed by atoms with Crippen LogP contribution >= 0.6 is 27.5 Å². The van der Waals surface area contributed by atoms with E-state index >= 15 is 0 Å². The summed E-state index contributed by atoms with van der Waals surface area (Å²) in [7, 11) is 0. The third-order valence-electron chi connectivity index (χ3n) is 2.87. The molecule has 0 atom stereocenters. The largest absolute Gasteiger partial charge is 0.294 e. The van der Waals surface area contributed by atoms with E-state index in [9.17, 15) is 9.18 Å². The third-order valence-corrected chi connectivity index (χ3v) is 4.22. The van der Waals surface area contributed by atoms with Crippen LogP contribution in [0.5, 0.6) is 0 Å². The summed E-state index contributed by atoms with van der Waals surface area (Å²) in [6.07, 6.45) is -0.00551. The van der Waals surface area contributed by atoms with E-state index in [0.717, 1.165) is 10.0 Å². The van der Waals surface area contributed by atoms with Crippen molar-refractivity contribution in [1.82, 2.24) is 0 Å². The minimum Gasteiger partial charge on any atom is -0.294 e. The predicted octanol–water partition coefficient (Wildman–Crippen LogP) is 4.98. The average Bonchev–Trinajstić information content (AvgIpc) is 2.38. The van der Waals surface area contributed by atoms with Crippen LogP contribution in [-0.4, -0.2) is 5.78 Å². The minimum atomic E-state index is -0.527. The Labute approximate surface area is 124 Å². The number of Topliss-reactive ketones (excluding diaryl/α,β-unsaturated/α-hetero) is 1. The molecule has 0 spiro atoms. The number of carbonyl (C=O) groups is 1. The van der Waals surface area contributed by atoms with E-state index < -0.39 is 5.82 Å². The molecule has 0 saturated carbocycles. The number of hydrogen-bond acceptors (Lipinski definition) is 1. The lowest BCUT2D eigenvalue weighted by atomic mass is 10.0. The first-order valence-corrected chi connectivity index (χ1v) is 6.89. The van der Waals surface area contributed by atoms with E-state index in [-0.39, 0.29) is 17.2 Å². The summed E-state index contributed by atoms with van der Waals surface area (Å²) in [6.45, 7) is 1.90. The van der Waals surface area contributed by atoms with Crippen LogP contribution in [0.25, 0.3) is 0 Å². The van der Waals surface area contributed by atoms with E-state index in [1.54, 1.807) is 18.2 Å². The molecule has 98 valence electrons. The van der Waals surface area contributed by atoms with Gasteiger partial charge >= 0.3 is 0 Å². The van der Waals surface area contributed by atoms with Gasteiger partial charge in [0.05, 0.1) is 5.02 Å². The number of carbonyl (C=O) groups excluding carboxylic acids is 1. The van der Waals surface area contributed by atoms with Gasteiger partial charge in [0.2, 0.25) is 0 Å². The SMILES string of the molecule is Cc1cccc(C(=O)Cc2cccc(Cl)c2F)c1Br. The van der Waals surface area contributed by atoms with Crippen molar-refractivity contribution < 1.29 is 9.18 Å². The van der Waals surface area contributed by atoms with E-state index in [2.05, 4.69) is 15.9 Å². The molecule has 0 fully saturated rings. The standard InChI is InChI=1S/C15H11BrClFO/c1-9-4-2-6-11(14(9)16)13(19)8-10-5-3-7-12(17)15(10)18/h2-7H,8H2,1H3. The molecule has 0 N–H and O–H groups in total. The van der Waals surface area contributed by atoms with Crippen molar-refractivity contribution in [2.75, 3.05) is 0 Å². The predicted molar refractivity (Wildman–Crippen MR) is 78.3 cm³/mol. The van der Waals surface area contributed by atoms with Crippen molar-refractivity contribution in [2.24, 2.45) is 0 Å². The molecule has 0 aliphatic rings. The Morgan fingerprint density at radius 2 is 1.95 bits per heavy atom. The van der Waals surface area contributed by atoms with Gasteiger partial charge in [0.25, 0.3) is 0 Å². The number of rotatable bonds is 3. The van der Waals surface area contributed by atoms with Crippen LogP contribution in [0.4, 0.5) is 4.39 Å². The summed E-state index contributed by atoms with van der Waals surface area (Å²) in [5, 5.41) is 0.0357. The van der Waals surface area contributed by atoms with Gasteiger partial charge < -0.3 is 0 Å². The zero-order valence-corrected chi connectivity index (χ0v) is 12.6. The fourth-order valence-corrected chi connectivity index (χ4v) is 2.50. The van der Waals surface area contributed by atoms with Gasteiger partial charge in [-0.05, 0) is 40.0 Å². The summed E-state index contributed by atoms with van der Waals surface area (Å²) in [6, 6.07) is 10.1. The normalized spacial score (nSPS) is 10.5. The maximum absolute atomic E-state index is 13.8. The molecular weight excluding hydrogens is 331 g/mol. The number of aryl methyl sites for hydroxylation is 1. The molecule has 0 aliphatic carbocycles. The average molecular weight is 342 g/mol. The smallest absolute Gasteiger partial charge is 0.168 e. The third kappa shape index (κ3) is 3.04. The number of hydrogen-bond donors (Lipinski definition) is 0. The fraction of sp³-hybridized carbons (Fsp3) is 0.133. The van der Waals surface area contributed by atoms with E-state index in [4.69, 9.17) is 11.6 Å². The summed E-state index contributed by atoms with van der Waals surface area (Å²) < 4.78 is 14.5. The van der Waals surface area contributed by atoms with Gasteiger partial charge in [-0.15, -0.1) is 0 Å². The zero-order valence-electron chi connectivity index (χ0n) is 10.2. The minimum absolute atomic E-state index is 0.00551. The Morgan fingerprint density at radius 3 is 2.68 bits per heavy atom. The highest BCUT2D eigenvalue weighted by molar-refractivity contribution is 9.10. The van der Waals surface area contributed by atoms with Gasteiger partial charge in [-0.25, -0.2) is 4.39 Å². The van der Waals surface area contributed by atoms with Crippen LogP contribution in [-0.2, 0) is 6.42 Å². The first kappa shape index (κ1) is 14.2. The topological polar surface area (TPSA) is 17.1 Å². The summed E-state index contributed by atoms with van der Waals surface area (Å²) >= 11 is 9.09. The Balaban J connectivity index is 2.31. The first-order valence-electron chi connectivity index (χ1n) is 5.72. The Morgan fingerprint density at radius 1 is 1.26 bits per heavy atom. The van der Waals surface area contributed by atoms with Crippen LogP contribution in [0, 0.1) is 12.7 Å². The highest BCUT2D eigenvalue weighted by Gasteiger charge is 2.15. The maximum atomic E-state index is 13.8. The quantitative estimate of drug-likeness (QED) is 0.720. The van der Waals surface area contributed by atoms with Gasteiger partial charge in [-0.2, -0.15) is 0 Å². The molecule has 4 heteroatoms. The summed E-state index contributed by atoms with van der Waals surface area (Å²) in [5.74, 6) is -0.668. The lowest BCUT2D eigenvalue weighted by Crippen LogP contribution is -2.06. The number of halogens is 3. The second-order valence-electron chi connectivity index (χ2n) is 4.25. The summed E-state index contributed by atoms with van der Waals surface area (Å²) in [4.78, 5) is 12.2. The molecule has 0 aromatic heterocycles. The van der Waals surface area contributed by atoms with Crippen LogP contribution in [0.2, 0.25) is 5.02 Å². The van der Waals surface area contributed by atoms with E-state index in [1.807, 2.05) is 19.1 Å². The Kier molecular flexibility index (Phi) is 4.38. The molecule has 0 radical (unpaired) electrons. The Hall–Kier alpha value is -1.19.